The van der Waals surface area contributed by atoms with E-state index in [1.165, 1.54) is 44.6 Å². The Bertz CT molecular complexity index is 1120. The van der Waals surface area contributed by atoms with E-state index in [2.05, 4.69) is 79.7 Å². The number of fused-ring (bicyclic) bond motifs is 2. The van der Waals surface area contributed by atoms with Gasteiger partial charge in [-0.05, 0) is 43.3 Å². The molecule has 0 saturated carbocycles. The summed E-state index contributed by atoms with van der Waals surface area (Å²) in [5.41, 5.74) is 6.28. The van der Waals surface area contributed by atoms with E-state index in [0.29, 0.717) is 0 Å². The van der Waals surface area contributed by atoms with E-state index in [0.717, 1.165) is 5.00 Å². The van der Waals surface area contributed by atoms with Gasteiger partial charge < -0.3 is 5.73 Å². The van der Waals surface area contributed by atoms with E-state index < -0.39 is 0 Å². The molecule has 0 spiro atoms. The number of thiophene rings is 2. The zero-order valence-corrected chi connectivity index (χ0v) is 18.4. The van der Waals surface area contributed by atoms with Crippen molar-refractivity contribution in [2.45, 2.75) is 26.5 Å². The Hall–Kier alpha value is -1.92. The van der Waals surface area contributed by atoms with E-state index >= 15 is 0 Å². The van der Waals surface area contributed by atoms with Crippen LogP contribution in [0.25, 0.3) is 20.2 Å². The van der Waals surface area contributed by atoms with E-state index in [1.807, 2.05) is 34.9 Å². The van der Waals surface area contributed by atoms with Crippen LogP contribution in [0.5, 0.6) is 0 Å². The standard InChI is InChI=1S/C23H17NS4/c1-14-12-17-20(25-14)22(27-16-10-6-3-7-11-16)18-13-19(24)28-23(18)21(17)26-15-8-4-2-5-9-15/h2-13H,24H2,1H3. The number of aryl methyl sites for hydroxylation is 1. The molecule has 2 heterocycles. The minimum atomic E-state index is 0.870. The molecule has 0 amide bonds. The van der Waals surface area contributed by atoms with Crippen molar-refractivity contribution in [2.75, 3.05) is 5.73 Å². The molecule has 0 aliphatic carbocycles. The van der Waals surface area contributed by atoms with Crippen molar-refractivity contribution in [1.29, 1.82) is 0 Å². The van der Waals surface area contributed by atoms with E-state index in [4.69, 9.17) is 5.73 Å². The van der Waals surface area contributed by atoms with Crippen molar-refractivity contribution in [3.05, 3.63) is 77.7 Å². The highest BCUT2D eigenvalue weighted by Crippen LogP contribution is 2.51. The van der Waals surface area contributed by atoms with Crippen molar-refractivity contribution in [2.24, 2.45) is 0 Å². The number of rotatable bonds is 4. The summed E-state index contributed by atoms with van der Waals surface area (Å²) < 4.78 is 2.64. The van der Waals surface area contributed by atoms with Gasteiger partial charge in [0, 0.05) is 35.2 Å². The van der Waals surface area contributed by atoms with Crippen LogP contribution in [0.4, 0.5) is 5.00 Å². The van der Waals surface area contributed by atoms with Gasteiger partial charge in [0.25, 0.3) is 0 Å². The van der Waals surface area contributed by atoms with Gasteiger partial charge in [0.2, 0.25) is 0 Å². The molecule has 5 rings (SSSR count). The maximum Gasteiger partial charge on any atom is 0.0869 e. The summed E-state index contributed by atoms with van der Waals surface area (Å²) in [6, 6.07) is 25.7. The van der Waals surface area contributed by atoms with E-state index in [9.17, 15) is 0 Å². The minimum absolute atomic E-state index is 0.870. The second-order valence-electron chi connectivity index (χ2n) is 6.48. The third kappa shape index (κ3) is 3.33. The van der Waals surface area contributed by atoms with Crippen LogP contribution >= 0.6 is 46.2 Å². The summed E-state index contributed by atoms with van der Waals surface area (Å²) in [6.07, 6.45) is 0. The Morgan fingerprint density at radius 3 is 1.75 bits per heavy atom. The van der Waals surface area contributed by atoms with Gasteiger partial charge in [-0.1, -0.05) is 59.9 Å². The van der Waals surface area contributed by atoms with Crippen molar-refractivity contribution < 1.29 is 0 Å². The average Bonchev–Trinajstić information content (AvgIpc) is 3.28. The first-order valence-corrected chi connectivity index (χ1v) is 12.2. The van der Waals surface area contributed by atoms with Crippen molar-refractivity contribution in [3.63, 3.8) is 0 Å². The molecule has 0 atom stereocenters. The van der Waals surface area contributed by atoms with Crippen LogP contribution in [-0.2, 0) is 0 Å². The summed E-state index contributed by atoms with van der Waals surface area (Å²) in [6.45, 7) is 2.20. The molecule has 1 nitrogen and oxygen atoms in total. The first-order chi connectivity index (χ1) is 13.7. The molecule has 0 radical (unpaired) electrons. The Balaban J connectivity index is 1.77. The van der Waals surface area contributed by atoms with Crippen LogP contribution in [0.3, 0.4) is 0 Å². The van der Waals surface area contributed by atoms with Gasteiger partial charge in [-0.25, -0.2) is 0 Å². The molecule has 2 aromatic heterocycles. The van der Waals surface area contributed by atoms with Crippen molar-refractivity contribution in [1.82, 2.24) is 0 Å². The number of hydrogen-bond donors (Lipinski definition) is 1. The van der Waals surface area contributed by atoms with Crippen LogP contribution in [0.15, 0.2) is 92.4 Å². The number of nitrogens with two attached hydrogens (primary N) is 1. The van der Waals surface area contributed by atoms with Crippen LogP contribution in [0, 0.1) is 6.92 Å². The molecule has 138 valence electrons. The molecule has 0 aliphatic heterocycles. The maximum absolute atomic E-state index is 6.28. The molecule has 28 heavy (non-hydrogen) atoms. The monoisotopic (exact) mass is 435 g/mol. The normalized spacial score (nSPS) is 11.5. The molecule has 5 heteroatoms. The highest BCUT2D eigenvalue weighted by Gasteiger charge is 2.20. The largest absolute Gasteiger partial charge is 0.391 e. The van der Waals surface area contributed by atoms with Gasteiger partial charge in [-0.15, -0.1) is 22.7 Å². The van der Waals surface area contributed by atoms with Crippen LogP contribution in [0.2, 0.25) is 0 Å². The lowest BCUT2D eigenvalue weighted by atomic mass is 10.2. The number of anilines is 1. The van der Waals surface area contributed by atoms with E-state index in [1.54, 1.807) is 11.3 Å². The Morgan fingerprint density at radius 2 is 1.18 bits per heavy atom. The molecular weight excluding hydrogens is 419 g/mol. The Labute approximate surface area is 180 Å². The summed E-state index contributed by atoms with van der Waals surface area (Å²) in [5.74, 6) is 0. The Morgan fingerprint density at radius 1 is 0.679 bits per heavy atom. The van der Waals surface area contributed by atoms with Crippen LogP contribution in [-0.4, -0.2) is 0 Å². The zero-order valence-electron chi connectivity index (χ0n) is 15.1. The third-order valence-corrected chi connectivity index (χ3v) is 9.01. The first kappa shape index (κ1) is 18.1. The molecule has 0 fully saturated rings. The van der Waals surface area contributed by atoms with Gasteiger partial charge >= 0.3 is 0 Å². The number of nitrogen functional groups attached to an aromatic ring is 1. The summed E-state index contributed by atoms with van der Waals surface area (Å²) >= 11 is 7.25. The fraction of sp³-hybridized carbons (Fsp3) is 0.0435. The van der Waals surface area contributed by atoms with Crippen molar-refractivity contribution >= 4 is 71.4 Å². The molecule has 0 aliphatic rings. The topological polar surface area (TPSA) is 26.0 Å². The fourth-order valence-corrected chi connectivity index (χ4v) is 7.75. The van der Waals surface area contributed by atoms with Gasteiger partial charge in [-0.3, -0.25) is 0 Å². The Kier molecular flexibility index (Phi) is 4.85. The molecule has 0 saturated heterocycles. The highest BCUT2D eigenvalue weighted by atomic mass is 32.2. The molecule has 2 N–H and O–H groups in total. The fourth-order valence-electron chi connectivity index (χ4n) is 3.26. The third-order valence-electron chi connectivity index (χ3n) is 4.43. The van der Waals surface area contributed by atoms with Gasteiger partial charge in [0.1, 0.15) is 0 Å². The zero-order chi connectivity index (χ0) is 19.1. The number of benzene rings is 3. The molecule has 3 aromatic carbocycles. The van der Waals surface area contributed by atoms with Gasteiger partial charge in [0.15, 0.2) is 0 Å². The SMILES string of the molecule is Cc1cc2c(Sc3ccccc3)c3sc(N)cc3c(Sc3ccccc3)c2s1. The summed E-state index contributed by atoms with van der Waals surface area (Å²) in [5, 5.41) is 3.47. The predicted molar refractivity (Wildman–Crippen MR) is 127 cm³/mol. The first-order valence-electron chi connectivity index (χ1n) is 8.90. The van der Waals surface area contributed by atoms with Gasteiger partial charge in [0.05, 0.1) is 14.4 Å². The quantitative estimate of drug-likeness (QED) is 0.307. The second-order valence-corrected chi connectivity index (χ2v) is 11.0. The molecule has 0 bridgehead atoms. The lowest BCUT2D eigenvalue weighted by Crippen LogP contribution is -1.81. The average molecular weight is 436 g/mol. The lowest BCUT2D eigenvalue weighted by molar-refractivity contribution is 1.45. The molecule has 0 unspecified atom stereocenters. The molecular formula is C23H17NS4. The van der Waals surface area contributed by atoms with Crippen molar-refractivity contribution in [3.8, 4) is 0 Å². The predicted octanol–water partition coefficient (Wildman–Crippen LogP) is 8.31. The van der Waals surface area contributed by atoms with Crippen LogP contribution < -0.4 is 5.73 Å². The maximum atomic E-state index is 6.28. The second kappa shape index (κ2) is 7.48. The smallest absolute Gasteiger partial charge is 0.0869 e. The van der Waals surface area contributed by atoms with Crippen LogP contribution in [0.1, 0.15) is 4.88 Å². The molecule has 5 aromatic rings. The summed E-state index contributed by atoms with van der Waals surface area (Å²) in [7, 11) is 0. The minimum Gasteiger partial charge on any atom is -0.391 e. The highest BCUT2D eigenvalue weighted by molar-refractivity contribution is 8.00. The van der Waals surface area contributed by atoms with E-state index in [-0.39, 0.29) is 0 Å². The summed E-state index contributed by atoms with van der Waals surface area (Å²) in [4.78, 5) is 6.48. The number of hydrogen-bond acceptors (Lipinski definition) is 5. The lowest BCUT2D eigenvalue weighted by Gasteiger charge is -2.11. The van der Waals surface area contributed by atoms with Gasteiger partial charge in [-0.2, -0.15) is 0 Å².